The first-order valence-corrected chi connectivity index (χ1v) is 11.9. The number of benzene rings is 2. The molecular weight excluding hydrogens is 479 g/mol. The quantitative estimate of drug-likeness (QED) is 0.374. The molecule has 6 rings (SSSR count). The van der Waals surface area contributed by atoms with Crippen molar-refractivity contribution in [1.82, 2.24) is 24.4 Å². The van der Waals surface area contributed by atoms with Crippen LogP contribution in [0.5, 0.6) is 0 Å². The third kappa shape index (κ3) is 3.48. The number of hydrogen-bond acceptors (Lipinski definition) is 5. The van der Waals surface area contributed by atoms with Gasteiger partial charge >= 0.3 is 0 Å². The standard InChI is InChI=1S/C24H21Cl3N6/c1-31(2)21-17-10-32(11-18(17)21)23-20-24(29-12-28-23)33(15-6-3-13(25)4-7-15)22(30-20)16-8-5-14(26)9-19(16)27/h3-9,12,17-18,21H,10-11H2,1-2H3/t17-,18+,21-. The first-order valence-electron chi connectivity index (χ1n) is 10.8. The summed E-state index contributed by atoms with van der Waals surface area (Å²) in [5.74, 6) is 2.90. The van der Waals surface area contributed by atoms with Gasteiger partial charge in [0.1, 0.15) is 12.2 Å². The summed E-state index contributed by atoms with van der Waals surface area (Å²) in [6.45, 7) is 1.95. The van der Waals surface area contributed by atoms with Crippen molar-refractivity contribution in [1.29, 1.82) is 0 Å². The molecule has 3 atom stereocenters. The Balaban J connectivity index is 1.51. The van der Waals surface area contributed by atoms with Crippen molar-refractivity contribution < 1.29 is 0 Å². The van der Waals surface area contributed by atoms with Gasteiger partial charge in [0.05, 0.1) is 5.02 Å². The Morgan fingerprint density at radius 1 is 0.909 bits per heavy atom. The first-order chi connectivity index (χ1) is 15.9. The highest BCUT2D eigenvalue weighted by Crippen LogP contribution is 2.49. The first kappa shape index (κ1) is 21.2. The number of anilines is 1. The van der Waals surface area contributed by atoms with Gasteiger partial charge in [-0.15, -0.1) is 0 Å². The van der Waals surface area contributed by atoms with Crippen LogP contribution >= 0.6 is 34.8 Å². The van der Waals surface area contributed by atoms with Gasteiger partial charge in [-0.25, -0.2) is 15.0 Å². The molecule has 9 heteroatoms. The molecule has 33 heavy (non-hydrogen) atoms. The SMILES string of the molecule is CN(C)[C@@H]1[C@@H]2CN(c3ncnc4c3nc(-c3ccc(Cl)cc3Cl)n4-c3ccc(Cl)cc3)C[C@@H]21. The van der Waals surface area contributed by atoms with E-state index in [0.29, 0.717) is 38.8 Å². The second-order valence-corrected chi connectivity index (χ2v) is 10.2. The highest BCUT2D eigenvalue weighted by atomic mass is 35.5. The van der Waals surface area contributed by atoms with Gasteiger partial charge in [0.15, 0.2) is 17.0 Å². The van der Waals surface area contributed by atoms with E-state index < -0.39 is 0 Å². The number of fused-ring (bicyclic) bond motifs is 2. The maximum absolute atomic E-state index is 6.60. The van der Waals surface area contributed by atoms with E-state index in [1.54, 1.807) is 12.4 Å². The number of aromatic nitrogens is 4. The smallest absolute Gasteiger partial charge is 0.170 e. The third-order valence-electron chi connectivity index (χ3n) is 6.73. The lowest BCUT2D eigenvalue weighted by atomic mass is 10.2. The summed E-state index contributed by atoms with van der Waals surface area (Å²) < 4.78 is 2.01. The molecule has 2 aromatic carbocycles. The number of rotatable bonds is 4. The molecule has 6 nitrogen and oxygen atoms in total. The molecule has 2 aromatic heterocycles. The number of hydrogen-bond donors (Lipinski definition) is 0. The van der Waals surface area contributed by atoms with Gasteiger partial charge in [-0.2, -0.15) is 0 Å². The van der Waals surface area contributed by atoms with Gasteiger partial charge in [0.2, 0.25) is 0 Å². The predicted molar refractivity (Wildman–Crippen MR) is 134 cm³/mol. The maximum atomic E-state index is 6.60. The van der Waals surface area contributed by atoms with Crippen LogP contribution in [0.3, 0.4) is 0 Å². The molecule has 3 heterocycles. The minimum Gasteiger partial charge on any atom is -0.354 e. The Bertz CT molecular complexity index is 1350. The lowest BCUT2D eigenvalue weighted by Crippen LogP contribution is -2.31. The molecule has 0 bridgehead atoms. The van der Waals surface area contributed by atoms with Crippen LogP contribution in [-0.4, -0.2) is 57.6 Å². The summed E-state index contributed by atoms with van der Waals surface area (Å²) in [7, 11) is 4.32. The van der Waals surface area contributed by atoms with Crippen LogP contribution in [0.1, 0.15) is 0 Å². The van der Waals surface area contributed by atoms with E-state index in [-0.39, 0.29) is 0 Å². The Morgan fingerprint density at radius 2 is 1.61 bits per heavy atom. The minimum absolute atomic E-state index is 0.527. The van der Waals surface area contributed by atoms with Gasteiger partial charge in [0.25, 0.3) is 0 Å². The normalized spacial score (nSPS) is 21.8. The van der Waals surface area contributed by atoms with E-state index in [1.807, 2.05) is 41.0 Å². The van der Waals surface area contributed by atoms with Gasteiger partial charge in [-0.3, -0.25) is 4.57 Å². The maximum Gasteiger partial charge on any atom is 0.170 e. The molecule has 0 N–H and O–H groups in total. The third-order valence-corrected chi connectivity index (χ3v) is 7.53. The van der Waals surface area contributed by atoms with Crippen LogP contribution in [0.15, 0.2) is 48.8 Å². The molecule has 1 aliphatic carbocycles. The summed E-state index contributed by atoms with van der Waals surface area (Å²) in [6.07, 6.45) is 1.62. The fourth-order valence-electron chi connectivity index (χ4n) is 5.23. The molecule has 1 saturated heterocycles. The highest BCUT2D eigenvalue weighted by Gasteiger charge is 2.57. The number of imidazole rings is 1. The van der Waals surface area contributed by atoms with Crippen molar-refractivity contribution in [2.75, 3.05) is 32.1 Å². The van der Waals surface area contributed by atoms with Gasteiger partial charge < -0.3 is 9.80 Å². The molecule has 168 valence electrons. The van der Waals surface area contributed by atoms with E-state index in [0.717, 1.165) is 41.3 Å². The molecule has 0 spiro atoms. The van der Waals surface area contributed by atoms with Crippen LogP contribution in [0.4, 0.5) is 5.82 Å². The van der Waals surface area contributed by atoms with Crippen LogP contribution in [0.2, 0.25) is 15.1 Å². The zero-order valence-corrected chi connectivity index (χ0v) is 20.4. The van der Waals surface area contributed by atoms with E-state index in [1.165, 1.54) is 0 Å². The Morgan fingerprint density at radius 3 is 2.27 bits per heavy atom. The van der Waals surface area contributed by atoms with Crippen molar-refractivity contribution in [2.24, 2.45) is 11.8 Å². The van der Waals surface area contributed by atoms with Crippen molar-refractivity contribution in [3.05, 3.63) is 63.9 Å². The van der Waals surface area contributed by atoms with E-state index in [2.05, 4.69) is 33.9 Å². The second-order valence-electron chi connectivity index (χ2n) is 8.93. The zero-order chi connectivity index (χ0) is 22.9. The summed E-state index contributed by atoms with van der Waals surface area (Å²) in [5.41, 5.74) is 3.16. The number of nitrogens with zero attached hydrogens (tertiary/aromatic N) is 6. The van der Waals surface area contributed by atoms with Crippen molar-refractivity contribution >= 4 is 51.8 Å². The second kappa shape index (κ2) is 7.84. The van der Waals surface area contributed by atoms with E-state index in [9.17, 15) is 0 Å². The molecule has 1 saturated carbocycles. The lowest BCUT2D eigenvalue weighted by molar-refractivity contribution is 0.356. The topological polar surface area (TPSA) is 50.1 Å². The highest BCUT2D eigenvalue weighted by molar-refractivity contribution is 6.36. The number of piperidine rings is 1. The van der Waals surface area contributed by atoms with Gasteiger partial charge in [-0.1, -0.05) is 34.8 Å². The summed E-state index contributed by atoms with van der Waals surface area (Å²) in [4.78, 5) is 19.0. The molecule has 1 aliphatic heterocycles. The molecule has 0 amide bonds. The van der Waals surface area contributed by atoms with Gasteiger partial charge in [0, 0.05) is 40.4 Å². The summed E-state index contributed by atoms with van der Waals surface area (Å²) in [5, 5.41) is 1.76. The van der Waals surface area contributed by atoms with Crippen LogP contribution in [-0.2, 0) is 0 Å². The Kier molecular flexibility index (Phi) is 5.03. The molecule has 0 radical (unpaired) electrons. The monoisotopic (exact) mass is 498 g/mol. The Labute approximate surface area is 206 Å². The molecule has 0 unspecified atom stereocenters. The summed E-state index contributed by atoms with van der Waals surface area (Å²) in [6, 6.07) is 13.7. The van der Waals surface area contributed by atoms with Crippen molar-refractivity contribution in [3.8, 4) is 17.1 Å². The van der Waals surface area contributed by atoms with E-state index in [4.69, 9.17) is 39.8 Å². The predicted octanol–water partition coefficient (Wildman–Crippen LogP) is 5.44. The molecule has 2 aliphatic rings. The summed E-state index contributed by atoms with van der Waals surface area (Å²) >= 11 is 18.9. The molecular formula is C24H21Cl3N6. The fraction of sp³-hybridized carbons (Fsp3) is 0.292. The number of halogens is 3. The van der Waals surface area contributed by atoms with Gasteiger partial charge in [-0.05, 0) is 68.4 Å². The fourth-order valence-corrected chi connectivity index (χ4v) is 5.85. The minimum atomic E-state index is 0.527. The average Bonchev–Trinajstić information content (AvgIpc) is 3.11. The lowest BCUT2D eigenvalue weighted by Gasteiger charge is -2.23. The average molecular weight is 500 g/mol. The van der Waals surface area contributed by atoms with Crippen LogP contribution in [0, 0.1) is 11.8 Å². The van der Waals surface area contributed by atoms with Crippen LogP contribution < -0.4 is 4.90 Å². The van der Waals surface area contributed by atoms with Crippen molar-refractivity contribution in [2.45, 2.75) is 6.04 Å². The Hall–Kier alpha value is -2.38. The van der Waals surface area contributed by atoms with Crippen LogP contribution in [0.25, 0.3) is 28.2 Å². The molecule has 2 fully saturated rings. The molecule has 4 aromatic rings. The van der Waals surface area contributed by atoms with E-state index >= 15 is 0 Å². The zero-order valence-electron chi connectivity index (χ0n) is 18.1. The van der Waals surface area contributed by atoms with Crippen molar-refractivity contribution in [3.63, 3.8) is 0 Å². The largest absolute Gasteiger partial charge is 0.354 e.